The van der Waals surface area contributed by atoms with Crippen molar-refractivity contribution < 1.29 is 5.11 Å². The minimum absolute atomic E-state index is 0.279. The molecule has 0 spiro atoms. The zero-order chi connectivity index (χ0) is 12.0. The van der Waals surface area contributed by atoms with Crippen LogP contribution in [0.5, 0.6) is 0 Å². The first kappa shape index (κ1) is 13.5. The number of hydrogen-bond donors (Lipinski definition) is 2. The first-order valence-electron chi connectivity index (χ1n) is 6.30. The molecule has 0 aliphatic heterocycles. The van der Waals surface area contributed by atoms with Gasteiger partial charge in [-0.2, -0.15) is 0 Å². The highest BCUT2D eigenvalue weighted by Gasteiger charge is 2.18. The van der Waals surface area contributed by atoms with Crippen LogP contribution in [0.25, 0.3) is 0 Å². The van der Waals surface area contributed by atoms with Gasteiger partial charge in [-0.25, -0.2) is 0 Å². The highest BCUT2D eigenvalue weighted by Crippen LogP contribution is 2.18. The van der Waals surface area contributed by atoms with E-state index in [0.717, 1.165) is 12.8 Å². The summed E-state index contributed by atoms with van der Waals surface area (Å²) in [7, 11) is 0. The summed E-state index contributed by atoms with van der Waals surface area (Å²) in [6.45, 7) is 6.80. The smallest absolute Gasteiger partial charge is 0.0494 e. The molecule has 16 heavy (non-hydrogen) atoms. The van der Waals surface area contributed by atoms with Gasteiger partial charge in [-0.3, -0.25) is 0 Å². The Hall–Kier alpha value is -0.600. The second-order valence-electron chi connectivity index (χ2n) is 5.10. The molecule has 1 rings (SSSR count). The van der Waals surface area contributed by atoms with E-state index in [1.54, 1.807) is 0 Å². The maximum atomic E-state index is 9.03. The van der Waals surface area contributed by atoms with Crippen LogP contribution in [-0.2, 0) is 0 Å². The van der Waals surface area contributed by atoms with Crippen molar-refractivity contribution in [3.05, 3.63) is 23.8 Å². The Balaban J connectivity index is 2.18. The number of hydrogen-bond acceptors (Lipinski definition) is 2. The maximum absolute atomic E-state index is 9.03. The van der Waals surface area contributed by atoms with Crippen molar-refractivity contribution in [1.29, 1.82) is 0 Å². The van der Waals surface area contributed by atoms with Crippen LogP contribution >= 0.6 is 0 Å². The molecule has 0 aromatic carbocycles. The molecule has 0 aromatic heterocycles. The molecule has 0 amide bonds. The largest absolute Gasteiger partial charge is 0.396 e. The van der Waals surface area contributed by atoms with Gasteiger partial charge in [-0.15, -0.1) is 0 Å². The average Bonchev–Trinajstić information content (AvgIpc) is 2.65. The van der Waals surface area contributed by atoms with Crippen molar-refractivity contribution in [2.24, 2.45) is 5.92 Å². The lowest BCUT2D eigenvalue weighted by Crippen LogP contribution is -2.34. The van der Waals surface area contributed by atoms with Gasteiger partial charge in [0, 0.05) is 24.6 Å². The summed E-state index contributed by atoms with van der Waals surface area (Å²) in [4.78, 5) is 0. The van der Waals surface area contributed by atoms with Crippen molar-refractivity contribution in [2.45, 2.75) is 52.1 Å². The molecule has 0 saturated heterocycles. The quantitative estimate of drug-likeness (QED) is 0.679. The summed E-state index contributed by atoms with van der Waals surface area (Å²) >= 11 is 0. The standard InChI is InChI=1S/C14H25NO/c1-11(2)5-4-6-12(3)15-14-8-7-13(9-14)10-16/h5,7-8,12-16H,4,6,9-10H2,1-3H3/t12-,13+,14-/m1/s1. The van der Waals surface area contributed by atoms with Gasteiger partial charge in [0.15, 0.2) is 0 Å². The van der Waals surface area contributed by atoms with Crippen LogP contribution in [0.15, 0.2) is 23.8 Å². The van der Waals surface area contributed by atoms with Crippen LogP contribution in [0.2, 0.25) is 0 Å². The number of allylic oxidation sites excluding steroid dienone is 2. The summed E-state index contributed by atoms with van der Waals surface area (Å²) in [5.74, 6) is 0.363. The van der Waals surface area contributed by atoms with Crippen molar-refractivity contribution in [1.82, 2.24) is 5.32 Å². The van der Waals surface area contributed by atoms with Gasteiger partial charge >= 0.3 is 0 Å². The Kier molecular flexibility index (Phi) is 5.78. The van der Waals surface area contributed by atoms with Crippen LogP contribution in [-0.4, -0.2) is 23.8 Å². The fourth-order valence-electron chi connectivity index (χ4n) is 2.10. The summed E-state index contributed by atoms with van der Waals surface area (Å²) in [6.07, 6.45) is 9.98. The highest BCUT2D eigenvalue weighted by atomic mass is 16.3. The third-order valence-electron chi connectivity index (χ3n) is 3.06. The number of nitrogens with one attached hydrogen (secondary N) is 1. The molecule has 0 saturated carbocycles. The molecule has 92 valence electrons. The molecule has 0 bridgehead atoms. The summed E-state index contributed by atoms with van der Waals surface area (Å²) in [5, 5.41) is 12.6. The third-order valence-corrected chi connectivity index (χ3v) is 3.06. The van der Waals surface area contributed by atoms with E-state index in [1.807, 2.05) is 0 Å². The van der Waals surface area contributed by atoms with Crippen LogP contribution in [0, 0.1) is 5.92 Å². The summed E-state index contributed by atoms with van der Waals surface area (Å²) in [5.41, 5.74) is 1.40. The van der Waals surface area contributed by atoms with Crippen molar-refractivity contribution in [3.63, 3.8) is 0 Å². The van der Waals surface area contributed by atoms with E-state index in [0.29, 0.717) is 18.0 Å². The fraction of sp³-hybridized carbons (Fsp3) is 0.714. The molecule has 2 N–H and O–H groups in total. The first-order chi connectivity index (χ1) is 7.61. The zero-order valence-electron chi connectivity index (χ0n) is 10.7. The van der Waals surface area contributed by atoms with E-state index in [4.69, 9.17) is 5.11 Å². The number of aliphatic hydroxyl groups is 1. The molecule has 1 aliphatic carbocycles. The number of aliphatic hydroxyl groups excluding tert-OH is 1. The lowest BCUT2D eigenvalue weighted by Gasteiger charge is -2.18. The molecule has 3 atom stereocenters. The van der Waals surface area contributed by atoms with E-state index in [2.05, 4.69) is 44.3 Å². The molecule has 0 aromatic rings. The normalized spacial score (nSPS) is 25.8. The minimum atomic E-state index is 0.279. The van der Waals surface area contributed by atoms with E-state index < -0.39 is 0 Å². The Labute approximate surface area is 99.4 Å². The average molecular weight is 223 g/mol. The Bertz CT molecular complexity index is 253. The molecular formula is C14H25NO. The van der Waals surface area contributed by atoms with E-state index in [9.17, 15) is 0 Å². The third kappa shape index (κ3) is 4.95. The molecule has 0 heterocycles. The second-order valence-corrected chi connectivity index (χ2v) is 5.10. The number of rotatable bonds is 6. The van der Waals surface area contributed by atoms with Crippen molar-refractivity contribution in [2.75, 3.05) is 6.61 Å². The maximum Gasteiger partial charge on any atom is 0.0494 e. The van der Waals surface area contributed by atoms with E-state index >= 15 is 0 Å². The predicted octanol–water partition coefficient (Wildman–Crippen LogP) is 2.65. The van der Waals surface area contributed by atoms with Crippen LogP contribution in [0.1, 0.15) is 40.0 Å². The first-order valence-corrected chi connectivity index (χ1v) is 6.30. The summed E-state index contributed by atoms with van der Waals surface area (Å²) in [6, 6.07) is 1.00. The molecule has 1 aliphatic rings. The van der Waals surface area contributed by atoms with Gasteiger partial charge in [-0.05, 0) is 40.0 Å². The van der Waals surface area contributed by atoms with Crippen LogP contribution in [0.3, 0.4) is 0 Å². The van der Waals surface area contributed by atoms with E-state index in [1.165, 1.54) is 12.0 Å². The van der Waals surface area contributed by atoms with Gasteiger partial charge in [0.05, 0.1) is 0 Å². The van der Waals surface area contributed by atoms with Crippen molar-refractivity contribution in [3.8, 4) is 0 Å². The second kappa shape index (κ2) is 6.87. The molecule has 2 nitrogen and oxygen atoms in total. The van der Waals surface area contributed by atoms with E-state index in [-0.39, 0.29) is 6.61 Å². The Morgan fingerprint density at radius 1 is 1.50 bits per heavy atom. The lowest BCUT2D eigenvalue weighted by atomic mass is 10.1. The monoisotopic (exact) mass is 223 g/mol. The van der Waals surface area contributed by atoms with Gasteiger partial charge in [0.2, 0.25) is 0 Å². The van der Waals surface area contributed by atoms with Gasteiger partial charge < -0.3 is 10.4 Å². The molecule has 0 radical (unpaired) electrons. The molecule has 2 heteroatoms. The van der Waals surface area contributed by atoms with Crippen LogP contribution < -0.4 is 5.32 Å². The summed E-state index contributed by atoms with van der Waals surface area (Å²) < 4.78 is 0. The molecule has 0 fully saturated rings. The van der Waals surface area contributed by atoms with Gasteiger partial charge in [0.25, 0.3) is 0 Å². The highest BCUT2D eigenvalue weighted by molar-refractivity contribution is 5.06. The van der Waals surface area contributed by atoms with Crippen LogP contribution in [0.4, 0.5) is 0 Å². The predicted molar refractivity (Wildman–Crippen MR) is 69.4 cm³/mol. The minimum Gasteiger partial charge on any atom is -0.396 e. The SMILES string of the molecule is CC(C)=CCC[C@@H](C)N[C@@H]1C=C[C@H](CO)C1. The molecular weight excluding hydrogens is 198 g/mol. The zero-order valence-corrected chi connectivity index (χ0v) is 10.7. The fourth-order valence-corrected chi connectivity index (χ4v) is 2.10. The lowest BCUT2D eigenvalue weighted by molar-refractivity contribution is 0.244. The Morgan fingerprint density at radius 3 is 2.81 bits per heavy atom. The van der Waals surface area contributed by atoms with Crippen molar-refractivity contribution >= 4 is 0 Å². The molecule has 0 unspecified atom stereocenters. The van der Waals surface area contributed by atoms with Gasteiger partial charge in [0.1, 0.15) is 0 Å². The van der Waals surface area contributed by atoms with Gasteiger partial charge in [-0.1, -0.05) is 23.8 Å². The topological polar surface area (TPSA) is 32.3 Å². The Morgan fingerprint density at radius 2 is 2.25 bits per heavy atom.